The Morgan fingerprint density at radius 3 is 0.727 bits per heavy atom. The highest BCUT2D eigenvalue weighted by molar-refractivity contribution is 5.71. The molecule has 55 heavy (non-hydrogen) atoms. The third-order valence-electron chi connectivity index (χ3n) is 11.1. The summed E-state index contributed by atoms with van der Waals surface area (Å²) in [5, 5.41) is 0. The first-order chi connectivity index (χ1) is 27.0. The van der Waals surface area contributed by atoms with Gasteiger partial charge in [-0.2, -0.15) is 0 Å². The van der Waals surface area contributed by atoms with E-state index in [9.17, 15) is 14.4 Å². The molecule has 0 rings (SSSR count). The zero-order chi connectivity index (χ0) is 40.1. The van der Waals surface area contributed by atoms with E-state index in [1.165, 1.54) is 173 Å². The van der Waals surface area contributed by atoms with Crippen molar-refractivity contribution in [1.29, 1.82) is 0 Å². The van der Waals surface area contributed by atoms with E-state index in [0.29, 0.717) is 19.3 Å². The van der Waals surface area contributed by atoms with E-state index in [4.69, 9.17) is 14.2 Å². The number of hydrogen-bond donors (Lipinski definition) is 0. The van der Waals surface area contributed by atoms with Crippen LogP contribution in [0.4, 0.5) is 0 Å². The van der Waals surface area contributed by atoms with Gasteiger partial charge in [-0.3, -0.25) is 14.4 Å². The molecule has 0 aromatic carbocycles. The fourth-order valence-electron chi connectivity index (χ4n) is 7.38. The standard InChI is InChI=1S/C49H94O6/c1-4-7-10-13-15-17-19-21-23-24-26-28-30-32-34-37-39-42-48(51)54-45-46(55-49(52)43-40-35-12-9-6-3)44-53-47(50)41-38-36-33-31-29-27-25-22-20-18-16-14-11-8-5-2/h46H,4-45H2,1-3H3/t46-/m0/s1. The molecule has 1 atom stereocenters. The maximum absolute atomic E-state index is 12.5. The van der Waals surface area contributed by atoms with E-state index in [2.05, 4.69) is 20.8 Å². The third-order valence-corrected chi connectivity index (χ3v) is 11.1. The highest BCUT2D eigenvalue weighted by Gasteiger charge is 2.19. The van der Waals surface area contributed by atoms with Crippen molar-refractivity contribution in [3.63, 3.8) is 0 Å². The van der Waals surface area contributed by atoms with Crippen LogP contribution in [0.3, 0.4) is 0 Å². The lowest BCUT2D eigenvalue weighted by atomic mass is 10.0. The summed E-state index contributed by atoms with van der Waals surface area (Å²) in [6, 6.07) is 0. The van der Waals surface area contributed by atoms with Crippen LogP contribution in [0.5, 0.6) is 0 Å². The van der Waals surface area contributed by atoms with Gasteiger partial charge >= 0.3 is 17.9 Å². The summed E-state index contributed by atoms with van der Waals surface area (Å²) in [5.41, 5.74) is 0. The molecule has 0 aliphatic heterocycles. The molecule has 0 saturated heterocycles. The van der Waals surface area contributed by atoms with Crippen molar-refractivity contribution in [3.8, 4) is 0 Å². The molecule has 0 amide bonds. The van der Waals surface area contributed by atoms with Crippen LogP contribution < -0.4 is 0 Å². The number of carbonyl (C=O) groups excluding carboxylic acids is 3. The first-order valence-corrected chi connectivity index (χ1v) is 24.5. The molecule has 0 saturated carbocycles. The molecule has 0 fully saturated rings. The number of rotatable bonds is 45. The lowest BCUT2D eigenvalue weighted by Crippen LogP contribution is -2.30. The molecule has 0 aliphatic carbocycles. The second kappa shape index (κ2) is 45.1. The predicted octanol–water partition coefficient (Wildman–Crippen LogP) is 15.6. The molecule has 6 nitrogen and oxygen atoms in total. The Morgan fingerprint density at radius 2 is 0.491 bits per heavy atom. The Morgan fingerprint density at radius 1 is 0.291 bits per heavy atom. The van der Waals surface area contributed by atoms with Crippen molar-refractivity contribution in [2.75, 3.05) is 13.2 Å². The van der Waals surface area contributed by atoms with Crippen molar-refractivity contribution in [2.24, 2.45) is 0 Å². The fourth-order valence-corrected chi connectivity index (χ4v) is 7.38. The molecule has 326 valence electrons. The van der Waals surface area contributed by atoms with E-state index in [-0.39, 0.29) is 31.1 Å². The fraction of sp³-hybridized carbons (Fsp3) is 0.939. The van der Waals surface area contributed by atoms with Crippen molar-refractivity contribution >= 4 is 17.9 Å². The van der Waals surface area contributed by atoms with Gasteiger partial charge in [-0.05, 0) is 19.3 Å². The zero-order valence-corrected chi connectivity index (χ0v) is 37.2. The minimum atomic E-state index is -0.757. The molecular weight excluding hydrogens is 685 g/mol. The number of ether oxygens (including phenoxy) is 3. The smallest absolute Gasteiger partial charge is 0.306 e. The summed E-state index contributed by atoms with van der Waals surface area (Å²) in [5.74, 6) is -0.861. The van der Waals surface area contributed by atoms with Crippen LogP contribution >= 0.6 is 0 Å². The van der Waals surface area contributed by atoms with E-state index in [0.717, 1.165) is 64.2 Å². The second-order valence-electron chi connectivity index (χ2n) is 16.7. The number of unbranched alkanes of at least 4 members (excludes halogenated alkanes) is 34. The molecule has 0 aliphatic rings. The van der Waals surface area contributed by atoms with Gasteiger partial charge in [0, 0.05) is 19.3 Å². The van der Waals surface area contributed by atoms with Crippen LogP contribution in [0.15, 0.2) is 0 Å². The van der Waals surface area contributed by atoms with Crippen molar-refractivity contribution < 1.29 is 28.6 Å². The highest BCUT2D eigenvalue weighted by atomic mass is 16.6. The van der Waals surface area contributed by atoms with Crippen LogP contribution in [-0.2, 0) is 28.6 Å². The van der Waals surface area contributed by atoms with E-state index < -0.39 is 6.10 Å². The van der Waals surface area contributed by atoms with Crippen LogP contribution in [0.1, 0.15) is 278 Å². The van der Waals surface area contributed by atoms with Gasteiger partial charge in [-0.1, -0.05) is 239 Å². The number of hydrogen-bond acceptors (Lipinski definition) is 6. The molecule has 0 radical (unpaired) electrons. The maximum atomic E-state index is 12.5. The summed E-state index contributed by atoms with van der Waals surface area (Å²) in [7, 11) is 0. The highest BCUT2D eigenvalue weighted by Crippen LogP contribution is 2.16. The normalized spacial score (nSPS) is 11.8. The molecule has 0 N–H and O–H groups in total. The average Bonchev–Trinajstić information content (AvgIpc) is 3.18. The predicted molar refractivity (Wildman–Crippen MR) is 233 cm³/mol. The zero-order valence-electron chi connectivity index (χ0n) is 37.2. The van der Waals surface area contributed by atoms with Crippen LogP contribution in [-0.4, -0.2) is 37.2 Å². The summed E-state index contributed by atoms with van der Waals surface area (Å²) < 4.78 is 16.6. The summed E-state index contributed by atoms with van der Waals surface area (Å²) >= 11 is 0. The first-order valence-electron chi connectivity index (χ1n) is 24.5. The van der Waals surface area contributed by atoms with E-state index >= 15 is 0 Å². The Balaban J connectivity index is 4.07. The molecule has 0 aromatic heterocycles. The average molecular weight is 779 g/mol. The van der Waals surface area contributed by atoms with Crippen LogP contribution in [0.2, 0.25) is 0 Å². The molecule has 0 bridgehead atoms. The van der Waals surface area contributed by atoms with Gasteiger partial charge in [0.25, 0.3) is 0 Å². The van der Waals surface area contributed by atoms with Gasteiger partial charge in [0.05, 0.1) is 0 Å². The third kappa shape index (κ3) is 43.4. The molecule has 0 aromatic rings. The molecule has 0 spiro atoms. The van der Waals surface area contributed by atoms with Gasteiger partial charge < -0.3 is 14.2 Å². The molecule has 6 heteroatoms. The summed E-state index contributed by atoms with van der Waals surface area (Å²) in [6.45, 7) is 6.59. The van der Waals surface area contributed by atoms with E-state index in [1.807, 2.05) is 0 Å². The van der Waals surface area contributed by atoms with Gasteiger partial charge in [0.1, 0.15) is 13.2 Å². The van der Waals surface area contributed by atoms with E-state index in [1.54, 1.807) is 0 Å². The molecule has 0 unspecified atom stereocenters. The maximum Gasteiger partial charge on any atom is 0.306 e. The lowest BCUT2D eigenvalue weighted by molar-refractivity contribution is -0.167. The monoisotopic (exact) mass is 779 g/mol. The lowest BCUT2D eigenvalue weighted by Gasteiger charge is -2.18. The Bertz CT molecular complexity index is 813. The number of esters is 3. The van der Waals surface area contributed by atoms with Gasteiger partial charge in [-0.15, -0.1) is 0 Å². The minimum Gasteiger partial charge on any atom is -0.462 e. The Kier molecular flexibility index (Phi) is 43.8. The Labute approximate surface area is 342 Å². The Hall–Kier alpha value is -1.59. The summed E-state index contributed by atoms with van der Waals surface area (Å²) in [6.07, 6.45) is 46.9. The van der Waals surface area contributed by atoms with Crippen LogP contribution in [0, 0.1) is 0 Å². The van der Waals surface area contributed by atoms with Gasteiger partial charge in [0.2, 0.25) is 0 Å². The second-order valence-corrected chi connectivity index (χ2v) is 16.7. The molecular formula is C49H94O6. The van der Waals surface area contributed by atoms with Crippen molar-refractivity contribution in [1.82, 2.24) is 0 Å². The van der Waals surface area contributed by atoms with Crippen molar-refractivity contribution in [2.45, 2.75) is 284 Å². The van der Waals surface area contributed by atoms with Crippen molar-refractivity contribution in [3.05, 3.63) is 0 Å². The number of carbonyl (C=O) groups is 3. The van der Waals surface area contributed by atoms with Gasteiger partial charge in [-0.25, -0.2) is 0 Å². The van der Waals surface area contributed by atoms with Crippen LogP contribution in [0.25, 0.3) is 0 Å². The quantitative estimate of drug-likeness (QED) is 0.0348. The minimum absolute atomic E-state index is 0.0639. The molecule has 0 heterocycles. The van der Waals surface area contributed by atoms with Gasteiger partial charge in [0.15, 0.2) is 6.10 Å². The first kappa shape index (κ1) is 53.4. The SMILES string of the molecule is CCCCCCCCCCCCCCCCCCCC(=O)OC[C@H](COC(=O)CCCCCCCCCCCCCCCCC)OC(=O)CCCCCCC. The topological polar surface area (TPSA) is 78.9 Å². The largest absolute Gasteiger partial charge is 0.462 e. The summed E-state index contributed by atoms with van der Waals surface area (Å²) in [4.78, 5) is 37.5.